The molecular formula is C21H27ClN2O5S. The van der Waals surface area contributed by atoms with E-state index in [0.717, 1.165) is 11.8 Å². The number of sulfonamides is 1. The van der Waals surface area contributed by atoms with E-state index in [1.807, 2.05) is 18.2 Å². The smallest absolute Gasteiger partial charge is 0.232 e. The molecule has 9 heteroatoms. The van der Waals surface area contributed by atoms with Gasteiger partial charge in [-0.1, -0.05) is 23.7 Å². The molecule has 7 nitrogen and oxygen atoms in total. The molecule has 0 radical (unpaired) electrons. The van der Waals surface area contributed by atoms with Gasteiger partial charge in [0.25, 0.3) is 0 Å². The number of hydrogen-bond acceptors (Lipinski definition) is 5. The average Bonchev–Trinajstić information content (AvgIpc) is 2.70. The molecule has 0 fully saturated rings. The number of rotatable bonds is 11. The van der Waals surface area contributed by atoms with Crippen molar-refractivity contribution in [3.8, 4) is 11.5 Å². The summed E-state index contributed by atoms with van der Waals surface area (Å²) in [5, 5.41) is 3.31. The van der Waals surface area contributed by atoms with Crippen LogP contribution < -0.4 is 19.1 Å². The first-order valence-corrected chi connectivity index (χ1v) is 11.7. The van der Waals surface area contributed by atoms with E-state index in [2.05, 4.69) is 5.32 Å². The quantitative estimate of drug-likeness (QED) is 0.563. The van der Waals surface area contributed by atoms with E-state index in [1.54, 1.807) is 38.5 Å². The fourth-order valence-electron chi connectivity index (χ4n) is 2.97. The summed E-state index contributed by atoms with van der Waals surface area (Å²) >= 11 is 5.97. The normalized spacial score (nSPS) is 11.1. The zero-order chi connectivity index (χ0) is 22.1. The van der Waals surface area contributed by atoms with E-state index in [-0.39, 0.29) is 18.9 Å². The van der Waals surface area contributed by atoms with Crippen molar-refractivity contribution in [3.05, 3.63) is 53.1 Å². The number of amides is 1. The van der Waals surface area contributed by atoms with Crippen LogP contribution in [0.25, 0.3) is 0 Å². The minimum Gasteiger partial charge on any atom is -0.493 e. The summed E-state index contributed by atoms with van der Waals surface area (Å²) in [5.74, 6) is 1.17. The summed E-state index contributed by atoms with van der Waals surface area (Å²) in [6, 6.07) is 12.3. The van der Waals surface area contributed by atoms with Crippen molar-refractivity contribution in [2.45, 2.75) is 19.3 Å². The van der Waals surface area contributed by atoms with Gasteiger partial charge >= 0.3 is 0 Å². The van der Waals surface area contributed by atoms with E-state index in [9.17, 15) is 13.2 Å². The summed E-state index contributed by atoms with van der Waals surface area (Å²) in [6.45, 7) is 0.667. The minimum absolute atomic E-state index is 0.130. The van der Waals surface area contributed by atoms with E-state index >= 15 is 0 Å². The first-order chi connectivity index (χ1) is 14.2. The summed E-state index contributed by atoms with van der Waals surface area (Å²) in [4.78, 5) is 12.1. The molecule has 2 aromatic carbocycles. The molecule has 0 aliphatic carbocycles. The zero-order valence-corrected chi connectivity index (χ0v) is 18.9. The maximum atomic E-state index is 12.1. The van der Waals surface area contributed by atoms with Crippen LogP contribution in [0.1, 0.15) is 18.4 Å². The molecule has 1 N–H and O–H groups in total. The number of benzene rings is 2. The molecule has 0 saturated heterocycles. The topological polar surface area (TPSA) is 84.9 Å². The monoisotopic (exact) mass is 454 g/mol. The Hall–Kier alpha value is -2.45. The van der Waals surface area contributed by atoms with Crippen LogP contribution in [0.3, 0.4) is 0 Å². The predicted molar refractivity (Wildman–Crippen MR) is 119 cm³/mol. The lowest BCUT2D eigenvalue weighted by atomic mass is 10.1. The van der Waals surface area contributed by atoms with Crippen molar-refractivity contribution in [2.75, 3.05) is 37.9 Å². The highest BCUT2D eigenvalue weighted by Gasteiger charge is 2.17. The molecule has 30 heavy (non-hydrogen) atoms. The third-order valence-corrected chi connectivity index (χ3v) is 5.87. The van der Waals surface area contributed by atoms with Crippen molar-refractivity contribution in [2.24, 2.45) is 0 Å². The van der Waals surface area contributed by atoms with Crippen LogP contribution in [-0.4, -0.2) is 47.9 Å². The van der Waals surface area contributed by atoms with E-state index < -0.39 is 10.0 Å². The Labute approximate surface area is 183 Å². The van der Waals surface area contributed by atoms with Crippen LogP contribution in [0.5, 0.6) is 11.5 Å². The number of nitrogens with one attached hydrogen (secondary N) is 1. The fraction of sp³-hybridized carbons (Fsp3) is 0.381. The molecule has 0 heterocycles. The van der Waals surface area contributed by atoms with Gasteiger partial charge in [-0.2, -0.15) is 0 Å². The summed E-state index contributed by atoms with van der Waals surface area (Å²) in [7, 11) is -0.323. The molecule has 2 aromatic rings. The van der Waals surface area contributed by atoms with E-state index in [0.29, 0.717) is 41.6 Å². The van der Waals surface area contributed by atoms with Gasteiger partial charge < -0.3 is 14.8 Å². The van der Waals surface area contributed by atoms with Crippen molar-refractivity contribution < 1.29 is 22.7 Å². The lowest BCUT2D eigenvalue weighted by Crippen LogP contribution is -2.32. The molecule has 0 unspecified atom stereocenters. The third-order valence-electron chi connectivity index (χ3n) is 4.45. The van der Waals surface area contributed by atoms with Gasteiger partial charge in [0.2, 0.25) is 15.9 Å². The second-order valence-corrected chi connectivity index (χ2v) is 9.05. The van der Waals surface area contributed by atoms with Crippen molar-refractivity contribution in [3.63, 3.8) is 0 Å². The highest BCUT2D eigenvalue weighted by Crippen LogP contribution is 2.27. The van der Waals surface area contributed by atoms with Crippen molar-refractivity contribution in [1.29, 1.82) is 0 Å². The first kappa shape index (κ1) is 23.8. The van der Waals surface area contributed by atoms with Crippen LogP contribution in [0.2, 0.25) is 5.02 Å². The molecule has 0 atom stereocenters. The minimum atomic E-state index is -3.48. The second kappa shape index (κ2) is 11.1. The number of halogens is 1. The van der Waals surface area contributed by atoms with Crippen LogP contribution in [0, 0.1) is 0 Å². The number of hydrogen-bond donors (Lipinski definition) is 1. The number of nitrogens with zero attached hydrogens (tertiary/aromatic N) is 1. The number of carbonyl (C=O) groups is 1. The number of ether oxygens (including phenoxy) is 2. The average molecular weight is 455 g/mol. The maximum Gasteiger partial charge on any atom is 0.232 e. The Morgan fingerprint density at radius 1 is 1.10 bits per heavy atom. The summed E-state index contributed by atoms with van der Waals surface area (Å²) in [5.41, 5.74) is 1.50. The third kappa shape index (κ3) is 7.11. The summed E-state index contributed by atoms with van der Waals surface area (Å²) in [6.07, 6.45) is 2.39. The Kier molecular flexibility index (Phi) is 8.80. The van der Waals surface area contributed by atoms with Gasteiger partial charge in [-0.15, -0.1) is 0 Å². The van der Waals surface area contributed by atoms with Gasteiger partial charge in [0, 0.05) is 24.5 Å². The van der Waals surface area contributed by atoms with Gasteiger partial charge in [-0.25, -0.2) is 8.42 Å². The number of methoxy groups -OCH3 is 2. The van der Waals surface area contributed by atoms with Gasteiger partial charge in [-0.3, -0.25) is 9.10 Å². The first-order valence-electron chi connectivity index (χ1n) is 9.45. The zero-order valence-electron chi connectivity index (χ0n) is 17.4. The van der Waals surface area contributed by atoms with Crippen molar-refractivity contribution in [1.82, 2.24) is 5.32 Å². The Bertz CT molecular complexity index is 966. The summed E-state index contributed by atoms with van der Waals surface area (Å²) < 4.78 is 36.0. The SMILES string of the molecule is COc1ccc(CCNC(=O)CCCN(c2cccc(Cl)c2)S(C)(=O)=O)cc1OC. The van der Waals surface area contributed by atoms with Crippen molar-refractivity contribution >= 4 is 33.2 Å². The molecule has 0 bridgehead atoms. The highest BCUT2D eigenvalue weighted by molar-refractivity contribution is 7.92. The van der Waals surface area contributed by atoms with Crippen LogP contribution in [0.4, 0.5) is 5.69 Å². The second-order valence-electron chi connectivity index (χ2n) is 6.71. The van der Waals surface area contributed by atoms with Crippen LogP contribution in [0.15, 0.2) is 42.5 Å². The molecule has 164 valence electrons. The molecule has 2 rings (SSSR count). The molecule has 0 aromatic heterocycles. The molecular weight excluding hydrogens is 428 g/mol. The molecule has 0 spiro atoms. The van der Waals surface area contributed by atoms with E-state index in [1.165, 1.54) is 4.31 Å². The van der Waals surface area contributed by atoms with Gasteiger partial charge in [0.1, 0.15) is 0 Å². The van der Waals surface area contributed by atoms with Gasteiger partial charge in [-0.05, 0) is 48.7 Å². The van der Waals surface area contributed by atoms with Gasteiger partial charge in [0.15, 0.2) is 11.5 Å². The fourth-order valence-corrected chi connectivity index (χ4v) is 4.11. The van der Waals surface area contributed by atoms with Gasteiger partial charge in [0.05, 0.1) is 26.2 Å². The number of anilines is 1. The lowest BCUT2D eigenvalue weighted by molar-refractivity contribution is -0.121. The van der Waals surface area contributed by atoms with E-state index in [4.69, 9.17) is 21.1 Å². The Morgan fingerprint density at radius 2 is 1.83 bits per heavy atom. The predicted octanol–water partition coefficient (Wildman–Crippen LogP) is 3.26. The lowest BCUT2D eigenvalue weighted by Gasteiger charge is -2.22. The Balaban J connectivity index is 1.82. The molecule has 0 saturated carbocycles. The largest absolute Gasteiger partial charge is 0.493 e. The standard InChI is InChI=1S/C21H27ClN2O5S/c1-28-19-10-9-16(14-20(19)29-2)11-12-23-21(25)8-5-13-24(30(3,26)27)18-7-4-6-17(22)15-18/h4,6-7,9-10,14-15H,5,8,11-13H2,1-3H3,(H,23,25). The highest BCUT2D eigenvalue weighted by atomic mass is 35.5. The molecule has 0 aliphatic heterocycles. The van der Waals surface area contributed by atoms with Crippen LogP contribution in [-0.2, 0) is 21.2 Å². The molecule has 0 aliphatic rings. The number of carbonyl (C=O) groups excluding carboxylic acids is 1. The molecule has 1 amide bonds. The van der Waals surface area contributed by atoms with Crippen LogP contribution >= 0.6 is 11.6 Å². The maximum absolute atomic E-state index is 12.1. The Morgan fingerprint density at radius 3 is 2.47 bits per heavy atom.